The fraction of sp³-hybridized carbons (Fsp3) is 0.400. The van der Waals surface area contributed by atoms with Crippen LogP contribution in [-0.2, 0) is 0 Å². The fourth-order valence-corrected chi connectivity index (χ4v) is 3.51. The minimum atomic E-state index is 0. The smallest absolute Gasteiger partial charge is 0.156 e. The molecule has 3 aromatic rings. The molecule has 0 atom stereocenters. The molecule has 0 aliphatic carbocycles. The van der Waals surface area contributed by atoms with Crippen LogP contribution in [0.5, 0.6) is 0 Å². The molecule has 1 aliphatic heterocycles. The van der Waals surface area contributed by atoms with Crippen LogP contribution >= 0.6 is 12.4 Å². The summed E-state index contributed by atoms with van der Waals surface area (Å²) >= 11 is 0. The first-order valence-corrected chi connectivity index (χ1v) is 8.82. The number of rotatable bonds is 2. The second-order valence-electron chi connectivity index (χ2n) is 6.88. The van der Waals surface area contributed by atoms with E-state index in [4.69, 9.17) is 4.98 Å². The van der Waals surface area contributed by atoms with Gasteiger partial charge in [0.05, 0.1) is 5.52 Å². The van der Waals surface area contributed by atoms with Crippen LogP contribution in [0.25, 0.3) is 22.3 Å². The zero-order chi connectivity index (χ0) is 16.7. The maximum atomic E-state index is 4.75. The van der Waals surface area contributed by atoms with Gasteiger partial charge in [-0.05, 0) is 68.9 Å². The highest BCUT2D eigenvalue weighted by atomic mass is 35.5. The first kappa shape index (κ1) is 17.7. The molecule has 1 saturated heterocycles. The van der Waals surface area contributed by atoms with Crippen molar-refractivity contribution in [2.45, 2.75) is 40.0 Å². The van der Waals surface area contributed by atoms with Crippen LogP contribution in [0, 0.1) is 20.8 Å². The molecule has 1 fully saturated rings. The molecular weight excluding hydrogens is 332 g/mol. The molecular formula is C20H25ClN4. The Hall–Kier alpha value is -2.07. The van der Waals surface area contributed by atoms with Gasteiger partial charge >= 0.3 is 0 Å². The van der Waals surface area contributed by atoms with Gasteiger partial charge in [0.25, 0.3) is 0 Å². The number of benzene rings is 1. The third kappa shape index (κ3) is 3.36. The molecule has 0 amide bonds. The molecule has 132 valence electrons. The quantitative estimate of drug-likeness (QED) is 0.705. The number of nitrogens with zero attached hydrogens (tertiary/aromatic N) is 3. The summed E-state index contributed by atoms with van der Waals surface area (Å²) in [6.45, 7) is 8.46. The van der Waals surface area contributed by atoms with E-state index in [0.29, 0.717) is 0 Å². The van der Waals surface area contributed by atoms with E-state index in [0.717, 1.165) is 41.5 Å². The lowest BCUT2D eigenvalue weighted by Crippen LogP contribution is -2.30. The van der Waals surface area contributed by atoms with Gasteiger partial charge in [-0.1, -0.05) is 12.1 Å². The Bertz CT molecular complexity index is 894. The molecule has 2 aromatic heterocycles. The maximum Gasteiger partial charge on any atom is 0.156 e. The van der Waals surface area contributed by atoms with Crippen molar-refractivity contribution >= 4 is 29.3 Å². The highest BCUT2D eigenvalue weighted by Gasteiger charge is 2.18. The average molecular weight is 357 g/mol. The second-order valence-corrected chi connectivity index (χ2v) is 6.88. The zero-order valence-electron chi connectivity index (χ0n) is 15.1. The predicted octanol–water partition coefficient (Wildman–Crippen LogP) is 4.96. The normalized spacial score (nSPS) is 14.6. The second kappa shape index (κ2) is 7.04. The Balaban J connectivity index is 0.00000182. The van der Waals surface area contributed by atoms with E-state index >= 15 is 0 Å². The summed E-state index contributed by atoms with van der Waals surface area (Å²) in [4.78, 5) is 15.4. The van der Waals surface area contributed by atoms with E-state index in [1.165, 1.54) is 36.0 Å². The number of nitrogens with one attached hydrogen (secondary N) is 1. The molecule has 0 radical (unpaired) electrons. The lowest BCUT2D eigenvalue weighted by atomic mass is 10.0. The van der Waals surface area contributed by atoms with E-state index in [1.54, 1.807) is 0 Å². The molecule has 0 spiro atoms. The summed E-state index contributed by atoms with van der Waals surface area (Å²) in [5, 5.41) is 0. The molecule has 0 bridgehead atoms. The number of hydrogen-bond donors (Lipinski definition) is 1. The van der Waals surface area contributed by atoms with Gasteiger partial charge in [-0.25, -0.2) is 9.97 Å². The lowest BCUT2D eigenvalue weighted by Gasteiger charge is -2.28. The largest absolute Gasteiger partial charge is 0.355 e. The van der Waals surface area contributed by atoms with E-state index in [1.807, 2.05) is 6.92 Å². The fourth-order valence-electron chi connectivity index (χ4n) is 3.51. The van der Waals surface area contributed by atoms with Gasteiger partial charge in [0.2, 0.25) is 0 Å². The molecule has 5 heteroatoms. The van der Waals surface area contributed by atoms with Crippen molar-refractivity contribution in [1.29, 1.82) is 0 Å². The minimum absolute atomic E-state index is 0. The van der Waals surface area contributed by atoms with Crippen molar-refractivity contribution in [3.63, 3.8) is 0 Å². The van der Waals surface area contributed by atoms with Crippen LogP contribution < -0.4 is 4.90 Å². The number of aromatic amines is 1. The van der Waals surface area contributed by atoms with Crippen LogP contribution in [0.2, 0.25) is 0 Å². The Morgan fingerprint density at radius 1 is 0.920 bits per heavy atom. The minimum Gasteiger partial charge on any atom is -0.355 e. The van der Waals surface area contributed by atoms with Crippen LogP contribution in [0.3, 0.4) is 0 Å². The van der Waals surface area contributed by atoms with Crippen molar-refractivity contribution in [1.82, 2.24) is 15.0 Å². The van der Waals surface area contributed by atoms with Crippen molar-refractivity contribution in [3.8, 4) is 11.3 Å². The van der Waals surface area contributed by atoms with Crippen molar-refractivity contribution in [2.24, 2.45) is 0 Å². The van der Waals surface area contributed by atoms with E-state index in [-0.39, 0.29) is 12.4 Å². The van der Waals surface area contributed by atoms with Gasteiger partial charge in [-0.3, -0.25) is 0 Å². The number of halogens is 1. The molecule has 0 saturated carbocycles. The number of aryl methyl sites for hydroxylation is 3. The molecule has 0 unspecified atom stereocenters. The number of hydrogen-bond acceptors (Lipinski definition) is 3. The Morgan fingerprint density at radius 3 is 2.40 bits per heavy atom. The SMILES string of the molecule is Cc1nc(N2CCCCC2)c2[nH]c(-c3ccc(C)c(C)c3)cc2n1.Cl. The van der Waals surface area contributed by atoms with E-state index in [9.17, 15) is 0 Å². The number of piperidine rings is 1. The topological polar surface area (TPSA) is 44.8 Å². The Kier molecular flexibility index (Phi) is 5.00. The van der Waals surface area contributed by atoms with Gasteiger partial charge in [-0.2, -0.15) is 0 Å². The Morgan fingerprint density at radius 2 is 1.68 bits per heavy atom. The van der Waals surface area contributed by atoms with Gasteiger partial charge in [0.1, 0.15) is 11.3 Å². The van der Waals surface area contributed by atoms with Gasteiger partial charge in [0, 0.05) is 18.8 Å². The lowest BCUT2D eigenvalue weighted by molar-refractivity contribution is 0.574. The Labute approximate surface area is 155 Å². The van der Waals surface area contributed by atoms with Crippen molar-refractivity contribution in [2.75, 3.05) is 18.0 Å². The summed E-state index contributed by atoms with van der Waals surface area (Å²) in [5.74, 6) is 1.90. The molecule has 4 rings (SSSR count). The number of aromatic nitrogens is 3. The molecule has 1 aromatic carbocycles. The maximum absolute atomic E-state index is 4.75. The zero-order valence-corrected chi connectivity index (χ0v) is 15.9. The average Bonchev–Trinajstić information content (AvgIpc) is 3.01. The summed E-state index contributed by atoms with van der Waals surface area (Å²) in [7, 11) is 0. The molecule has 4 nitrogen and oxygen atoms in total. The third-order valence-corrected chi connectivity index (χ3v) is 5.04. The highest BCUT2D eigenvalue weighted by Crippen LogP contribution is 2.30. The summed E-state index contributed by atoms with van der Waals surface area (Å²) in [5.41, 5.74) is 7.03. The predicted molar refractivity (Wildman–Crippen MR) is 107 cm³/mol. The van der Waals surface area contributed by atoms with Crippen molar-refractivity contribution < 1.29 is 0 Å². The van der Waals surface area contributed by atoms with Gasteiger partial charge in [0.15, 0.2) is 5.82 Å². The van der Waals surface area contributed by atoms with Crippen molar-refractivity contribution in [3.05, 3.63) is 41.2 Å². The highest BCUT2D eigenvalue weighted by molar-refractivity contribution is 5.91. The van der Waals surface area contributed by atoms with Crippen LogP contribution in [0.15, 0.2) is 24.3 Å². The first-order chi connectivity index (χ1) is 11.6. The number of fused-ring (bicyclic) bond motifs is 1. The monoisotopic (exact) mass is 356 g/mol. The summed E-state index contributed by atoms with van der Waals surface area (Å²) in [6.07, 6.45) is 3.81. The van der Waals surface area contributed by atoms with Gasteiger partial charge < -0.3 is 9.88 Å². The summed E-state index contributed by atoms with van der Waals surface area (Å²) in [6, 6.07) is 8.75. The molecule has 1 N–H and O–H groups in total. The van der Waals surface area contributed by atoms with Crippen LogP contribution in [-0.4, -0.2) is 28.0 Å². The molecule has 1 aliphatic rings. The summed E-state index contributed by atoms with van der Waals surface area (Å²) < 4.78 is 0. The standard InChI is InChI=1S/C20H24N4.ClH/c1-13-7-8-16(11-14(13)2)17-12-18-19(23-17)20(22-15(3)21-18)24-9-5-4-6-10-24;/h7-8,11-12,23H,4-6,9-10H2,1-3H3;1H. The molecule has 3 heterocycles. The van der Waals surface area contributed by atoms with Crippen LogP contribution in [0.1, 0.15) is 36.2 Å². The first-order valence-electron chi connectivity index (χ1n) is 8.82. The van der Waals surface area contributed by atoms with E-state index in [2.05, 4.69) is 53.0 Å². The molecule has 25 heavy (non-hydrogen) atoms. The number of H-pyrrole nitrogens is 1. The van der Waals surface area contributed by atoms with Gasteiger partial charge in [-0.15, -0.1) is 12.4 Å². The van der Waals surface area contributed by atoms with E-state index < -0.39 is 0 Å². The van der Waals surface area contributed by atoms with Crippen LogP contribution in [0.4, 0.5) is 5.82 Å². The third-order valence-electron chi connectivity index (χ3n) is 5.04. The number of anilines is 1.